The second kappa shape index (κ2) is 7.61. The first-order valence-electron chi connectivity index (χ1n) is 7.03. The number of halogens is 1. The average molecular weight is 344 g/mol. The van der Waals surface area contributed by atoms with E-state index in [4.69, 9.17) is 14.6 Å². The lowest BCUT2D eigenvalue weighted by Crippen LogP contribution is -2.61. The first kappa shape index (κ1) is 18.9. The first-order valence-corrected chi connectivity index (χ1v) is 7.03. The molecule has 0 radical (unpaired) electrons. The fourth-order valence-corrected chi connectivity index (χ4v) is 2.44. The topological polar surface area (TPSA) is 169 Å². The lowest BCUT2D eigenvalue weighted by atomic mass is 9.98. The van der Waals surface area contributed by atoms with Crippen LogP contribution in [0.15, 0.2) is 0 Å². The molecule has 0 aromatic rings. The van der Waals surface area contributed by atoms with Crippen LogP contribution in [0.2, 0.25) is 0 Å². The normalized spacial score (nSPS) is 51.7. The minimum Gasteiger partial charge on any atom is -0.394 e. The Morgan fingerprint density at radius 1 is 0.739 bits per heavy atom. The SMILES string of the molecule is OC[C@H]1O[C@H](OC[C@H]2OC(F)[C@H](O)[C@@H](O)[C@@H]2O)[C@H](O)[C@@H](O)[C@H]1O. The first-order chi connectivity index (χ1) is 10.8. The van der Waals surface area contributed by atoms with E-state index in [-0.39, 0.29) is 0 Å². The molecule has 2 saturated heterocycles. The lowest BCUT2D eigenvalue weighted by Gasteiger charge is -2.41. The molecule has 0 aromatic heterocycles. The number of ether oxygens (including phenoxy) is 3. The largest absolute Gasteiger partial charge is 0.394 e. The van der Waals surface area contributed by atoms with Gasteiger partial charge in [0, 0.05) is 0 Å². The molecule has 136 valence electrons. The predicted octanol–water partition coefficient (Wildman–Crippen LogP) is -4.42. The van der Waals surface area contributed by atoms with Gasteiger partial charge in [0.2, 0.25) is 6.36 Å². The van der Waals surface area contributed by atoms with Gasteiger partial charge in [0.15, 0.2) is 6.29 Å². The van der Waals surface area contributed by atoms with E-state index in [0.717, 1.165) is 0 Å². The van der Waals surface area contributed by atoms with E-state index in [1.807, 2.05) is 0 Å². The third-order valence-electron chi connectivity index (χ3n) is 3.93. The van der Waals surface area contributed by atoms with Gasteiger partial charge in [-0.1, -0.05) is 0 Å². The van der Waals surface area contributed by atoms with Crippen molar-refractivity contribution in [1.29, 1.82) is 0 Å². The van der Waals surface area contributed by atoms with Crippen molar-refractivity contribution >= 4 is 0 Å². The molecule has 0 spiro atoms. The van der Waals surface area contributed by atoms with Crippen molar-refractivity contribution in [3.63, 3.8) is 0 Å². The van der Waals surface area contributed by atoms with E-state index >= 15 is 0 Å². The van der Waals surface area contributed by atoms with Gasteiger partial charge in [-0.3, -0.25) is 0 Å². The zero-order chi connectivity index (χ0) is 17.3. The highest BCUT2D eigenvalue weighted by molar-refractivity contribution is 4.91. The van der Waals surface area contributed by atoms with E-state index in [1.54, 1.807) is 0 Å². The standard InChI is InChI=1S/C12H21FO10/c13-11-9(19)7(17)6(16)4(22-11)2-21-12-10(20)8(18)5(15)3(1-14)23-12/h3-12,14-20H,1-2H2/t3-,4-,5+,6-,7+,8+,9-,10-,11?,12+/m1/s1. The van der Waals surface area contributed by atoms with Gasteiger partial charge in [0.1, 0.15) is 48.8 Å². The van der Waals surface area contributed by atoms with Crippen LogP contribution in [0.4, 0.5) is 4.39 Å². The van der Waals surface area contributed by atoms with E-state index in [2.05, 4.69) is 4.74 Å². The van der Waals surface area contributed by atoms with Crippen LogP contribution in [0.5, 0.6) is 0 Å². The quantitative estimate of drug-likeness (QED) is 0.264. The van der Waals surface area contributed by atoms with E-state index in [1.165, 1.54) is 0 Å². The number of hydrogen-bond donors (Lipinski definition) is 7. The number of hydrogen-bond acceptors (Lipinski definition) is 10. The van der Waals surface area contributed by atoms with Crippen LogP contribution in [0, 0.1) is 0 Å². The molecular formula is C12H21FO10. The van der Waals surface area contributed by atoms with Crippen molar-refractivity contribution in [2.75, 3.05) is 13.2 Å². The molecule has 2 heterocycles. The summed E-state index contributed by atoms with van der Waals surface area (Å²) >= 11 is 0. The van der Waals surface area contributed by atoms with Gasteiger partial charge in [-0.05, 0) is 0 Å². The number of aliphatic hydroxyl groups excluding tert-OH is 7. The molecule has 2 fully saturated rings. The summed E-state index contributed by atoms with van der Waals surface area (Å²) in [4.78, 5) is 0. The van der Waals surface area contributed by atoms with Crippen molar-refractivity contribution < 1.29 is 54.3 Å². The van der Waals surface area contributed by atoms with Crippen LogP contribution in [-0.2, 0) is 14.2 Å². The van der Waals surface area contributed by atoms with Crippen LogP contribution < -0.4 is 0 Å². The van der Waals surface area contributed by atoms with Gasteiger partial charge < -0.3 is 50.0 Å². The second-order valence-corrected chi connectivity index (χ2v) is 5.53. The summed E-state index contributed by atoms with van der Waals surface area (Å²) < 4.78 is 28.1. The zero-order valence-electron chi connectivity index (χ0n) is 11.9. The Balaban J connectivity index is 1.94. The van der Waals surface area contributed by atoms with Crippen LogP contribution in [0.3, 0.4) is 0 Å². The minimum atomic E-state index is -2.24. The Hall–Kier alpha value is -0.470. The Bertz CT molecular complexity index is 385. The van der Waals surface area contributed by atoms with Gasteiger partial charge in [0.05, 0.1) is 13.2 Å². The number of alkyl halides is 1. The molecule has 11 heteroatoms. The summed E-state index contributed by atoms with van der Waals surface area (Å²) in [7, 11) is 0. The summed E-state index contributed by atoms with van der Waals surface area (Å²) in [5, 5.41) is 66.4. The van der Waals surface area contributed by atoms with Crippen LogP contribution >= 0.6 is 0 Å². The highest BCUT2D eigenvalue weighted by Crippen LogP contribution is 2.25. The summed E-state index contributed by atoms with van der Waals surface area (Å²) in [6.45, 7) is -1.20. The van der Waals surface area contributed by atoms with Gasteiger partial charge >= 0.3 is 0 Å². The third-order valence-corrected chi connectivity index (χ3v) is 3.93. The van der Waals surface area contributed by atoms with E-state index in [0.29, 0.717) is 0 Å². The maximum absolute atomic E-state index is 13.3. The molecule has 0 aromatic carbocycles. The van der Waals surface area contributed by atoms with Crippen molar-refractivity contribution in [3.05, 3.63) is 0 Å². The zero-order valence-corrected chi connectivity index (χ0v) is 11.9. The van der Waals surface area contributed by atoms with Crippen LogP contribution in [0.1, 0.15) is 0 Å². The Morgan fingerprint density at radius 2 is 1.30 bits per heavy atom. The lowest BCUT2D eigenvalue weighted by molar-refractivity contribution is -0.319. The van der Waals surface area contributed by atoms with Gasteiger partial charge in [-0.15, -0.1) is 0 Å². The van der Waals surface area contributed by atoms with Gasteiger partial charge in [-0.2, -0.15) is 0 Å². The molecule has 0 saturated carbocycles. The van der Waals surface area contributed by atoms with Crippen LogP contribution in [-0.4, -0.2) is 110 Å². The molecule has 2 rings (SSSR count). The average Bonchev–Trinajstić information content (AvgIpc) is 2.54. The van der Waals surface area contributed by atoms with Gasteiger partial charge in [-0.25, -0.2) is 4.39 Å². The molecule has 0 bridgehead atoms. The van der Waals surface area contributed by atoms with Crippen molar-refractivity contribution in [2.24, 2.45) is 0 Å². The van der Waals surface area contributed by atoms with Crippen molar-refractivity contribution in [2.45, 2.75) is 61.5 Å². The second-order valence-electron chi connectivity index (χ2n) is 5.53. The molecule has 2 aliphatic rings. The molecular weight excluding hydrogens is 323 g/mol. The molecule has 10 atom stereocenters. The van der Waals surface area contributed by atoms with Crippen molar-refractivity contribution in [1.82, 2.24) is 0 Å². The molecule has 2 aliphatic heterocycles. The fourth-order valence-electron chi connectivity index (χ4n) is 2.44. The maximum Gasteiger partial charge on any atom is 0.228 e. The summed E-state index contributed by atoms with van der Waals surface area (Å²) in [6.07, 6.45) is -16.5. The van der Waals surface area contributed by atoms with Crippen molar-refractivity contribution in [3.8, 4) is 0 Å². The highest BCUT2D eigenvalue weighted by atomic mass is 19.1. The number of aliphatic hydroxyl groups is 7. The summed E-state index contributed by atoms with van der Waals surface area (Å²) in [5.41, 5.74) is 0. The smallest absolute Gasteiger partial charge is 0.228 e. The molecule has 23 heavy (non-hydrogen) atoms. The Morgan fingerprint density at radius 3 is 1.91 bits per heavy atom. The predicted molar refractivity (Wildman–Crippen MR) is 67.5 cm³/mol. The molecule has 7 N–H and O–H groups in total. The number of rotatable bonds is 4. The van der Waals surface area contributed by atoms with Crippen LogP contribution in [0.25, 0.3) is 0 Å². The third kappa shape index (κ3) is 3.79. The highest BCUT2D eigenvalue weighted by Gasteiger charge is 2.47. The summed E-state index contributed by atoms with van der Waals surface area (Å²) in [5.74, 6) is 0. The Kier molecular flexibility index (Phi) is 6.24. The molecule has 1 unspecified atom stereocenters. The summed E-state index contributed by atoms with van der Waals surface area (Å²) in [6, 6.07) is 0. The minimum absolute atomic E-state index is 0.548. The molecule has 0 amide bonds. The maximum atomic E-state index is 13.3. The monoisotopic (exact) mass is 344 g/mol. The molecule has 10 nitrogen and oxygen atoms in total. The Labute approximate surface area is 130 Å². The van der Waals surface area contributed by atoms with Gasteiger partial charge in [0.25, 0.3) is 0 Å². The van der Waals surface area contributed by atoms with E-state index < -0.39 is 74.7 Å². The fraction of sp³-hybridized carbons (Fsp3) is 1.00. The molecule has 0 aliphatic carbocycles. The van der Waals surface area contributed by atoms with E-state index in [9.17, 15) is 35.0 Å².